The first-order valence-electron chi connectivity index (χ1n) is 25.1. The van der Waals surface area contributed by atoms with Gasteiger partial charge in [0, 0.05) is 19.3 Å². The SMILES string of the molecule is CC\C=C/C=C\C=C/C=C\CCCCCCCC(=O)OC(COC(=O)CCCCCC/C=C\C/C=C\C/C=C\CC)COC(=O)CCCCCCCC/C=C\C/C=C\C/C=C\CC. The van der Waals surface area contributed by atoms with Gasteiger partial charge in [-0.1, -0.05) is 200 Å². The average Bonchev–Trinajstić information content (AvgIpc) is 3.28. The van der Waals surface area contributed by atoms with Crippen LogP contribution in [0.3, 0.4) is 0 Å². The van der Waals surface area contributed by atoms with E-state index in [0.717, 1.165) is 148 Å². The molecule has 0 aliphatic rings. The first-order valence-corrected chi connectivity index (χ1v) is 25.1. The summed E-state index contributed by atoms with van der Waals surface area (Å²) in [6.45, 7) is 6.20. The lowest BCUT2D eigenvalue weighted by Crippen LogP contribution is -2.30. The summed E-state index contributed by atoms with van der Waals surface area (Å²) in [6, 6.07) is 0. The van der Waals surface area contributed by atoms with Crippen LogP contribution < -0.4 is 0 Å². The first kappa shape index (κ1) is 58.8. The Bertz CT molecular complexity index is 1370. The lowest BCUT2D eigenvalue weighted by Gasteiger charge is -2.18. The maximum Gasteiger partial charge on any atom is 0.306 e. The van der Waals surface area contributed by atoms with E-state index < -0.39 is 6.10 Å². The molecule has 0 saturated heterocycles. The van der Waals surface area contributed by atoms with Crippen LogP contribution in [0.4, 0.5) is 0 Å². The van der Waals surface area contributed by atoms with Gasteiger partial charge < -0.3 is 14.2 Å². The van der Waals surface area contributed by atoms with Crippen molar-refractivity contribution in [3.8, 4) is 0 Å². The molecule has 1 unspecified atom stereocenters. The topological polar surface area (TPSA) is 78.9 Å². The minimum atomic E-state index is -0.808. The molecule has 0 bridgehead atoms. The third-order valence-electron chi connectivity index (χ3n) is 10.0. The van der Waals surface area contributed by atoms with Crippen molar-refractivity contribution in [2.45, 2.75) is 207 Å². The lowest BCUT2D eigenvalue weighted by atomic mass is 10.1. The highest BCUT2D eigenvalue weighted by atomic mass is 16.6. The molecule has 0 fully saturated rings. The Kier molecular flexibility index (Phi) is 47.1. The van der Waals surface area contributed by atoms with Gasteiger partial charge in [-0.2, -0.15) is 0 Å². The van der Waals surface area contributed by atoms with Crippen molar-refractivity contribution in [1.29, 1.82) is 0 Å². The van der Waals surface area contributed by atoms with Crippen molar-refractivity contribution in [3.63, 3.8) is 0 Å². The zero-order valence-electron chi connectivity index (χ0n) is 40.3. The van der Waals surface area contributed by atoms with E-state index in [1.165, 1.54) is 12.8 Å². The number of carbonyl (C=O) groups excluding carboxylic acids is 3. The fraction of sp³-hybridized carbons (Fsp3) is 0.596. The molecule has 0 rings (SSSR count). The molecule has 0 radical (unpaired) electrons. The zero-order valence-corrected chi connectivity index (χ0v) is 40.3. The number of unbranched alkanes of at least 4 members (excludes halogenated alkanes) is 15. The third-order valence-corrected chi connectivity index (χ3v) is 10.0. The molecule has 354 valence electrons. The average molecular weight is 871 g/mol. The van der Waals surface area contributed by atoms with E-state index in [9.17, 15) is 14.4 Å². The summed E-state index contributed by atoms with van der Waals surface area (Å²) in [5.74, 6) is -0.973. The van der Waals surface area contributed by atoms with Gasteiger partial charge in [0.15, 0.2) is 6.10 Å². The Labute approximate surface area is 386 Å². The highest BCUT2D eigenvalue weighted by Crippen LogP contribution is 2.13. The molecule has 0 aromatic heterocycles. The Morgan fingerprint density at radius 3 is 1.08 bits per heavy atom. The molecule has 6 nitrogen and oxygen atoms in total. The zero-order chi connectivity index (χ0) is 45.8. The maximum atomic E-state index is 12.8. The van der Waals surface area contributed by atoms with E-state index in [1.54, 1.807) is 0 Å². The molecule has 6 heteroatoms. The van der Waals surface area contributed by atoms with Gasteiger partial charge >= 0.3 is 17.9 Å². The van der Waals surface area contributed by atoms with Gasteiger partial charge in [0.2, 0.25) is 0 Å². The first-order chi connectivity index (χ1) is 31.0. The van der Waals surface area contributed by atoms with Gasteiger partial charge in [-0.15, -0.1) is 0 Å². The second-order valence-corrected chi connectivity index (χ2v) is 16.0. The number of hydrogen-bond acceptors (Lipinski definition) is 6. The predicted octanol–water partition coefficient (Wildman–Crippen LogP) is 16.5. The van der Waals surface area contributed by atoms with Crippen LogP contribution in [0.5, 0.6) is 0 Å². The highest BCUT2D eigenvalue weighted by Gasteiger charge is 2.19. The minimum Gasteiger partial charge on any atom is -0.462 e. The van der Waals surface area contributed by atoms with Crippen LogP contribution in [0.25, 0.3) is 0 Å². The summed E-state index contributed by atoms with van der Waals surface area (Å²) >= 11 is 0. The molecule has 0 saturated carbocycles. The second-order valence-electron chi connectivity index (χ2n) is 16.0. The fourth-order valence-corrected chi connectivity index (χ4v) is 6.36. The van der Waals surface area contributed by atoms with Crippen LogP contribution in [0.15, 0.2) is 122 Å². The Hall–Kier alpha value is -4.19. The normalized spacial score (nSPS) is 13.1. The molecular formula is C57H90O6. The van der Waals surface area contributed by atoms with Crippen LogP contribution >= 0.6 is 0 Å². The lowest BCUT2D eigenvalue weighted by molar-refractivity contribution is -0.167. The van der Waals surface area contributed by atoms with Gasteiger partial charge in [0.1, 0.15) is 13.2 Å². The molecule has 0 aliphatic heterocycles. The number of ether oxygens (including phenoxy) is 3. The number of carbonyl (C=O) groups is 3. The third kappa shape index (κ3) is 48.7. The van der Waals surface area contributed by atoms with Crippen molar-refractivity contribution in [2.24, 2.45) is 0 Å². The van der Waals surface area contributed by atoms with E-state index in [0.29, 0.717) is 12.8 Å². The van der Waals surface area contributed by atoms with Crippen molar-refractivity contribution in [1.82, 2.24) is 0 Å². The summed E-state index contributed by atoms with van der Waals surface area (Å²) in [5, 5.41) is 0. The van der Waals surface area contributed by atoms with Gasteiger partial charge in [0.25, 0.3) is 0 Å². The van der Waals surface area contributed by atoms with E-state index in [-0.39, 0.29) is 37.5 Å². The van der Waals surface area contributed by atoms with Gasteiger partial charge in [-0.05, 0) is 103 Å². The molecule has 0 amide bonds. The summed E-state index contributed by atoms with van der Waals surface area (Å²) in [5.41, 5.74) is 0. The maximum absolute atomic E-state index is 12.8. The Balaban J connectivity index is 4.51. The Morgan fingerprint density at radius 2 is 0.651 bits per heavy atom. The molecule has 0 spiro atoms. The fourth-order valence-electron chi connectivity index (χ4n) is 6.36. The van der Waals surface area contributed by atoms with Gasteiger partial charge in [0.05, 0.1) is 0 Å². The van der Waals surface area contributed by atoms with Crippen molar-refractivity contribution in [3.05, 3.63) is 122 Å². The molecule has 1 atom stereocenters. The van der Waals surface area contributed by atoms with Crippen LogP contribution in [0.2, 0.25) is 0 Å². The number of rotatable bonds is 43. The van der Waals surface area contributed by atoms with Crippen LogP contribution in [0, 0.1) is 0 Å². The minimum absolute atomic E-state index is 0.106. The van der Waals surface area contributed by atoms with Gasteiger partial charge in [-0.3, -0.25) is 14.4 Å². The number of esters is 3. The largest absolute Gasteiger partial charge is 0.462 e. The molecule has 0 aliphatic carbocycles. The standard InChI is InChI=1S/C57H90O6/c1-4-7-10-13-16-19-22-25-28-30-32-35-38-41-44-47-50-56(59)62-53-54(52-61-55(58)49-46-43-40-37-34-31-27-24-21-18-15-12-9-6-3)63-57(60)51-48-45-42-39-36-33-29-26-23-20-17-14-11-8-5-2/h7-12,14,16-21,23,25-29,31,54H,4-6,13,15,22,24,30,32-53H2,1-3H3/b10-7-,11-8-,12-9-,17-14-,19-16-,21-18-,23-20-,28-25-,29-26-,31-27-. The number of allylic oxidation sites excluding steroid dienone is 20. The summed E-state index contributed by atoms with van der Waals surface area (Å²) in [6.07, 6.45) is 68.9. The molecule has 0 heterocycles. The monoisotopic (exact) mass is 871 g/mol. The number of hydrogen-bond donors (Lipinski definition) is 0. The molecular weight excluding hydrogens is 781 g/mol. The summed E-state index contributed by atoms with van der Waals surface area (Å²) < 4.78 is 16.7. The van der Waals surface area contributed by atoms with E-state index in [4.69, 9.17) is 14.2 Å². The van der Waals surface area contributed by atoms with Crippen molar-refractivity contribution >= 4 is 17.9 Å². The van der Waals surface area contributed by atoms with E-state index >= 15 is 0 Å². The van der Waals surface area contributed by atoms with Crippen LogP contribution in [0.1, 0.15) is 201 Å². The van der Waals surface area contributed by atoms with Crippen molar-refractivity contribution < 1.29 is 28.6 Å². The predicted molar refractivity (Wildman–Crippen MR) is 269 cm³/mol. The molecule has 0 N–H and O–H groups in total. The second kappa shape index (κ2) is 50.5. The summed E-state index contributed by atoms with van der Waals surface area (Å²) in [7, 11) is 0. The quantitative estimate of drug-likeness (QED) is 0.0200. The van der Waals surface area contributed by atoms with E-state index in [2.05, 4.69) is 118 Å². The van der Waals surface area contributed by atoms with Crippen LogP contribution in [-0.4, -0.2) is 37.2 Å². The summed E-state index contributed by atoms with van der Waals surface area (Å²) in [4.78, 5) is 38.0. The van der Waals surface area contributed by atoms with E-state index in [1.807, 2.05) is 24.3 Å². The molecule has 0 aromatic carbocycles. The Morgan fingerprint density at radius 1 is 0.333 bits per heavy atom. The molecule has 0 aromatic rings. The smallest absolute Gasteiger partial charge is 0.306 e. The van der Waals surface area contributed by atoms with Crippen LogP contribution in [-0.2, 0) is 28.6 Å². The highest BCUT2D eigenvalue weighted by molar-refractivity contribution is 5.71. The van der Waals surface area contributed by atoms with Gasteiger partial charge in [-0.25, -0.2) is 0 Å². The molecule has 63 heavy (non-hydrogen) atoms. The van der Waals surface area contributed by atoms with Crippen molar-refractivity contribution in [2.75, 3.05) is 13.2 Å².